The van der Waals surface area contributed by atoms with Gasteiger partial charge in [-0.05, 0) is 55.9 Å². The minimum atomic E-state index is -4.70. The van der Waals surface area contributed by atoms with Crippen LogP contribution in [0.3, 0.4) is 0 Å². The zero-order valence-electron chi connectivity index (χ0n) is 15.3. The molecule has 146 valence electrons. The van der Waals surface area contributed by atoms with Crippen LogP contribution in [-0.2, 0) is 25.6 Å². The summed E-state index contributed by atoms with van der Waals surface area (Å²) in [6, 6.07) is 3.69. The number of ether oxygens (including phenoxy) is 1. The van der Waals surface area contributed by atoms with Crippen LogP contribution in [0.4, 0.5) is 18.9 Å². The van der Waals surface area contributed by atoms with Gasteiger partial charge in [0.2, 0.25) is 0 Å². The molecule has 0 radical (unpaired) electrons. The first-order valence-electron chi connectivity index (χ1n) is 8.99. The molecule has 0 aliphatic heterocycles. The normalized spacial score (nSPS) is 14.4. The summed E-state index contributed by atoms with van der Waals surface area (Å²) >= 11 is 0. The molecule has 1 aromatic carbocycles. The number of aryl methyl sites for hydroxylation is 3. The molecule has 1 heterocycles. The van der Waals surface area contributed by atoms with Crippen molar-refractivity contribution in [2.45, 2.75) is 51.7 Å². The van der Waals surface area contributed by atoms with Crippen LogP contribution in [0.1, 0.15) is 53.4 Å². The fourth-order valence-corrected chi connectivity index (χ4v) is 3.35. The molecule has 0 fully saturated rings. The zero-order valence-corrected chi connectivity index (χ0v) is 15.3. The highest BCUT2D eigenvalue weighted by molar-refractivity contribution is 6.05. The van der Waals surface area contributed by atoms with Crippen LogP contribution in [0, 0.1) is 0 Å². The number of fused-ring (bicyclic) bond motifs is 1. The van der Waals surface area contributed by atoms with E-state index in [0.717, 1.165) is 54.1 Å². The number of methoxy groups -OCH3 is 1. The Kier molecular flexibility index (Phi) is 5.43. The second-order valence-electron chi connectivity index (χ2n) is 6.58. The van der Waals surface area contributed by atoms with Crippen molar-refractivity contribution in [2.24, 2.45) is 0 Å². The van der Waals surface area contributed by atoms with Gasteiger partial charge in [-0.15, -0.1) is 0 Å². The van der Waals surface area contributed by atoms with Gasteiger partial charge in [0, 0.05) is 12.7 Å². The number of carbonyl (C=O) groups excluding carboxylic acids is 1. The number of nitrogens with zero attached hydrogens (tertiary/aromatic N) is 2. The van der Waals surface area contributed by atoms with E-state index >= 15 is 0 Å². The molecule has 3 rings (SSSR count). The van der Waals surface area contributed by atoms with Gasteiger partial charge in [0.15, 0.2) is 5.69 Å². The molecule has 1 amide bonds. The predicted octanol–water partition coefficient (Wildman–Crippen LogP) is 4.45. The van der Waals surface area contributed by atoms with Gasteiger partial charge < -0.3 is 10.1 Å². The van der Waals surface area contributed by atoms with Crippen LogP contribution >= 0.6 is 0 Å². The van der Waals surface area contributed by atoms with Gasteiger partial charge in [-0.2, -0.15) is 18.3 Å². The molecular weight excluding hydrogens is 359 g/mol. The van der Waals surface area contributed by atoms with E-state index in [1.165, 1.54) is 7.11 Å². The van der Waals surface area contributed by atoms with Gasteiger partial charge in [0.05, 0.1) is 18.4 Å². The molecule has 1 aliphatic rings. The molecule has 0 saturated heterocycles. The van der Waals surface area contributed by atoms with Crippen molar-refractivity contribution in [2.75, 3.05) is 12.4 Å². The molecule has 8 heteroatoms. The topological polar surface area (TPSA) is 56.2 Å². The molecule has 0 unspecified atom stereocenters. The number of amides is 1. The number of carbonyl (C=O) groups is 1. The second kappa shape index (κ2) is 7.62. The Morgan fingerprint density at radius 3 is 2.48 bits per heavy atom. The van der Waals surface area contributed by atoms with Crippen molar-refractivity contribution in [1.82, 2.24) is 9.78 Å². The third kappa shape index (κ3) is 4.09. The molecular formula is C19H22F3N3O2. The average molecular weight is 381 g/mol. The van der Waals surface area contributed by atoms with Crippen LogP contribution in [0.5, 0.6) is 5.75 Å². The predicted molar refractivity (Wildman–Crippen MR) is 95.1 cm³/mol. The van der Waals surface area contributed by atoms with E-state index < -0.39 is 23.3 Å². The molecule has 0 spiro atoms. The van der Waals surface area contributed by atoms with Crippen molar-refractivity contribution in [3.8, 4) is 5.75 Å². The summed E-state index contributed by atoms with van der Waals surface area (Å²) in [5.41, 5.74) is 0.957. The maximum absolute atomic E-state index is 13.2. The number of halogens is 3. The maximum Gasteiger partial charge on any atom is 0.435 e. The van der Waals surface area contributed by atoms with Crippen molar-refractivity contribution in [3.05, 3.63) is 40.7 Å². The molecule has 0 saturated carbocycles. The lowest BCUT2D eigenvalue weighted by Gasteiger charge is -2.15. The van der Waals surface area contributed by atoms with Crippen molar-refractivity contribution < 1.29 is 22.7 Å². The molecule has 1 N–H and O–H groups in total. The van der Waals surface area contributed by atoms with E-state index in [1.807, 2.05) is 12.1 Å². The summed E-state index contributed by atoms with van der Waals surface area (Å²) in [4.78, 5) is 12.6. The number of alkyl halides is 3. The van der Waals surface area contributed by atoms with Crippen molar-refractivity contribution in [1.29, 1.82) is 0 Å². The Morgan fingerprint density at radius 1 is 1.22 bits per heavy atom. The summed E-state index contributed by atoms with van der Waals surface area (Å²) < 4.78 is 46.2. The summed E-state index contributed by atoms with van der Waals surface area (Å²) in [5, 5.41) is 6.07. The first-order chi connectivity index (χ1) is 12.8. The van der Waals surface area contributed by atoms with Crippen LogP contribution in [0.25, 0.3) is 0 Å². The highest BCUT2D eigenvalue weighted by Crippen LogP contribution is 2.34. The summed E-state index contributed by atoms with van der Waals surface area (Å²) in [6.07, 6.45) is 1.50. The van der Waals surface area contributed by atoms with Gasteiger partial charge in [-0.25, -0.2) is 0 Å². The Morgan fingerprint density at radius 2 is 1.89 bits per heavy atom. The molecule has 1 aromatic heterocycles. The highest BCUT2D eigenvalue weighted by atomic mass is 19.4. The van der Waals surface area contributed by atoms with Gasteiger partial charge >= 0.3 is 6.18 Å². The summed E-state index contributed by atoms with van der Waals surface area (Å²) in [6.45, 7) is 1.89. The lowest BCUT2D eigenvalue weighted by molar-refractivity contribution is -0.141. The number of rotatable bonds is 4. The van der Waals surface area contributed by atoms with E-state index in [1.54, 1.807) is 6.92 Å². The maximum atomic E-state index is 13.2. The molecule has 0 atom stereocenters. The van der Waals surface area contributed by atoms with Gasteiger partial charge in [-0.3, -0.25) is 9.48 Å². The summed E-state index contributed by atoms with van der Waals surface area (Å²) in [5.74, 6) is -0.408. The third-order valence-corrected chi connectivity index (χ3v) is 4.76. The fraction of sp³-hybridized carbons (Fsp3) is 0.474. The van der Waals surface area contributed by atoms with Crippen LogP contribution in [-0.4, -0.2) is 22.8 Å². The number of anilines is 1. The first kappa shape index (κ1) is 19.3. The lowest BCUT2D eigenvalue weighted by Crippen LogP contribution is -2.18. The Labute approximate surface area is 155 Å². The van der Waals surface area contributed by atoms with E-state index in [-0.39, 0.29) is 6.54 Å². The smallest absolute Gasteiger partial charge is 0.435 e. The molecule has 27 heavy (non-hydrogen) atoms. The largest absolute Gasteiger partial charge is 0.495 e. The third-order valence-electron chi connectivity index (χ3n) is 4.76. The minimum Gasteiger partial charge on any atom is -0.495 e. The second-order valence-corrected chi connectivity index (χ2v) is 6.58. The van der Waals surface area contributed by atoms with Crippen molar-refractivity contribution in [3.63, 3.8) is 0 Å². The fourth-order valence-electron chi connectivity index (χ4n) is 3.35. The number of aromatic nitrogens is 2. The molecule has 1 aliphatic carbocycles. The number of hydrogen-bond acceptors (Lipinski definition) is 3. The highest BCUT2D eigenvalue weighted by Gasteiger charge is 2.39. The zero-order chi connectivity index (χ0) is 19.6. The van der Waals surface area contributed by atoms with E-state index in [4.69, 9.17) is 4.74 Å². The minimum absolute atomic E-state index is 0.235. The SMILES string of the molecule is CCn1cc(C(=O)Nc2cc3c(cc2OC)CCCCC3)c(C(F)(F)F)n1. The van der Waals surface area contributed by atoms with E-state index in [0.29, 0.717) is 11.4 Å². The standard InChI is InChI=1S/C19H22F3N3O2/c1-3-25-11-14(17(24-25)19(20,21)22)18(26)23-15-9-12-7-5-4-6-8-13(12)10-16(15)27-2/h9-11H,3-8H2,1-2H3,(H,23,26). The molecule has 0 bridgehead atoms. The van der Waals surface area contributed by atoms with Crippen LogP contribution in [0.2, 0.25) is 0 Å². The Hall–Kier alpha value is -2.51. The van der Waals surface area contributed by atoms with Gasteiger partial charge in [0.25, 0.3) is 5.91 Å². The Balaban J connectivity index is 1.95. The monoisotopic (exact) mass is 381 g/mol. The number of benzene rings is 1. The van der Waals surface area contributed by atoms with E-state index in [9.17, 15) is 18.0 Å². The van der Waals surface area contributed by atoms with Gasteiger partial charge in [0.1, 0.15) is 5.75 Å². The first-order valence-corrected chi connectivity index (χ1v) is 8.99. The van der Waals surface area contributed by atoms with Crippen LogP contribution < -0.4 is 10.1 Å². The molecule has 5 nitrogen and oxygen atoms in total. The van der Waals surface area contributed by atoms with Crippen molar-refractivity contribution >= 4 is 11.6 Å². The average Bonchev–Trinajstić information content (AvgIpc) is 2.95. The summed E-state index contributed by atoms with van der Waals surface area (Å²) in [7, 11) is 1.48. The van der Waals surface area contributed by atoms with E-state index in [2.05, 4.69) is 10.4 Å². The lowest BCUT2D eigenvalue weighted by atomic mass is 10.0. The quantitative estimate of drug-likeness (QED) is 0.796. The number of hydrogen-bond donors (Lipinski definition) is 1. The van der Waals surface area contributed by atoms with Crippen LogP contribution in [0.15, 0.2) is 18.3 Å². The molecule has 2 aromatic rings. The Bertz CT molecular complexity index is 843. The number of nitrogens with one attached hydrogen (secondary N) is 1. The van der Waals surface area contributed by atoms with Gasteiger partial charge in [-0.1, -0.05) is 6.42 Å².